The SMILES string of the molecule is CC(O)Oc1ccc2ncc(C(N)=CC3=NCCC34CCN(C(=O)NC(C)(C)c3ccccn3)C4)cc2c1. The zero-order valence-corrected chi connectivity index (χ0v) is 22.0. The van der Waals surface area contributed by atoms with E-state index in [2.05, 4.69) is 15.3 Å². The molecule has 1 saturated heterocycles. The maximum atomic E-state index is 13.2. The molecule has 3 aromatic rings. The van der Waals surface area contributed by atoms with Crippen LogP contribution in [0.3, 0.4) is 0 Å². The molecule has 0 bridgehead atoms. The topological polar surface area (TPSA) is 126 Å². The first-order valence-electron chi connectivity index (χ1n) is 12.9. The summed E-state index contributed by atoms with van der Waals surface area (Å²) in [6.45, 7) is 7.44. The number of likely N-dealkylation sites (tertiary alicyclic amines) is 1. The molecule has 2 aliphatic heterocycles. The summed E-state index contributed by atoms with van der Waals surface area (Å²) in [5.41, 5.74) is 9.65. The van der Waals surface area contributed by atoms with E-state index in [-0.39, 0.29) is 11.4 Å². The maximum Gasteiger partial charge on any atom is 0.318 e. The number of nitrogens with zero attached hydrogens (tertiary/aromatic N) is 4. The molecule has 0 saturated carbocycles. The highest BCUT2D eigenvalue weighted by Crippen LogP contribution is 2.40. The number of carbonyl (C=O) groups is 1. The molecule has 1 fully saturated rings. The summed E-state index contributed by atoms with van der Waals surface area (Å²) in [6.07, 6.45) is 6.24. The molecule has 1 spiro atoms. The number of nitrogens with one attached hydrogen (secondary N) is 1. The van der Waals surface area contributed by atoms with E-state index in [4.69, 9.17) is 15.5 Å². The van der Waals surface area contributed by atoms with Crippen molar-refractivity contribution in [3.63, 3.8) is 0 Å². The van der Waals surface area contributed by atoms with Crippen molar-refractivity contribution in [3.05, 3.63) is 72.2 Å². The fourth-order valence-corrected chi connectivity index (χ4v) is 5.26. The van der Waals surface area contributed by atoms with Gasteiger partial charge in [-0.25, -0.2) is 4.79 Å². The van der Waals surface area contributed by atoms with Crippen LogP contribution in [0.15, 0.2) is 65.9 Å². The summed E-state index contributed by atoms with van der Waals surface area (Å²) in [7, 11) is 0. The quantitative estimate of drug-likeness (QED) is 0.429. The second-order valence-corrected chi connectivity index (χ2v) is 10.6. The Bertz CT molecular complexity index is 1400. The number of aliphatic hydroxyl groups is 1. The molecule has 5 rings (SSSR count). The van der Waals surface area contributed by atoms with Crippen molar-refractivity contribution >= 4 is 28.3 Å². The van der Waals surface area contributed by atoms with Gasteiger partial charge in [-0.3, -0.25) is 15.0 Å². The number of ether oxygens (including phenoxy) is 1. The maximum absolute atomic E-state index is 13.2. The lowest BCUT2D eigenvalue weighted by Crippen LogP contribution is -2.48. The summed E-state index contributed by atoms with van der Waals surface area (Å²) in [6, 6.07) is 13.0. The van der Waals surface area contributed by atoms with Crippen LogP contribution < -0.4 is 15.8 Å². The summed E-state index contributed by atoms with van der Waals surface area (Å²) in [5, 5.41) is 13.5. The van der Waals surface area contributed by atoms with Gasteiger partial charge in [-0.05, 0) is 76.1 Å². The van der Waals surface area contributed by atoms with Crippen LogP contribution in [0, 0.1) is 5.41 Å². The third-order valence-electron chi connectivity index (χ3n) is 7.37. The molecule has 1 aromatic carbocycles. The number of allylic oxidation sites excluding steroid dienone is 1. The lowest BCUT2D eigenvalue weighted by Gasteiger charge is -2.30. The highest BCUT2D eigenvalue weighted by atomic mass is 16.6. The number of pyridine rings is 2. The smallest absolute Gasteiger partial charge is 0.318 e. The number of aromatic nitrogens is 2. The third-order valence-corrected chi connectivity index (χ3v) is 7.37. The van der Waals surface area contributed by atoms with Crippen LogP contribution in [0.5, 0.6) is 5.75 Å². The van der Waals surface area contributed by atoms with Gasteiger partial charge in [0.1, 0.15) is 5.75 Å². The molecule has 4 N–H and O–H groups in total. The average Bonchev–Trinajstić information content (AvgIpc) is 3.50. The molecule has 2 aromatic heterocycles. The summed E-state index contributed by atoms with van der Waals surface area (Å²) >= 11 is 0. The van der Waals surface area contributed by atoms with Crippen molar-refractivity contribution in [3.8, 4) is 5.75 Å². The molecule has 2 unspecified atom stereocenters. The van der Waals surface area contributed by atoms with E-state index in [1.807, 2.05) is 61.2 Å². The number of amides is 2. The number of aliphatic imine (C=N–C) groups is 1. The first-order valence-corrected chi connectivity index (χ1v) is 12.9. The Morgan fingerprint density at radius 3 is 2.84 bits per heavy atom. The summed E-state index contributed by atoms with van der Waals surface area (Å²) in [5.74, 6) is 0.559. The van der Waals surface area contributed by atoms with Crippen LogP contribution in [0.4, 0.5) is 4.79 Å². The molecule has 2 atom stereocenters. The molecular formula is C29H34N6O3. The number of urea groups is 1. The number of hydrogen-bond acceptors (Lipinski definition) is 7. The Morgan fingerprint density at radius 1 is 1.24 bits per heavy atom. The van der Waals surface area contributed by atoms with Crippen LogP contribution in [0.25, 0.3) is 16.6 Å². The molecule has 9 heteroatoms. The van der Waals surface area contributed by atoms with Crippen molar-refractivity contribution in [1.29, 1.82) is 0 Å². The molecule has 2 aliphatic rings. The van der Waals surface area contributed by atoms with Gasteiger partial charge < -0.3 is 25.8 Å². The number of hydrogen-bond donors (Lipinski definition) is 3. The van der Waals surface area contributed by atoms with Gasteiger partial charge in [0.25, 0.3) is 0 Å². The van der Waals surface area contributed by atoms with E-state index in [1.165, 1.54) is 0 Å². The number of fused-ring (bicyclic) bond motifs is 1. The van der Waals surface area contributed by atoms with Crippen molar-refractivity contribution in [2.45, 2.75) is 45.4 Å². The predicted octanol–water partition coefficient (Wildman–Crippen LogP) is 3.83. The van der Waals surface area contributed by atoms with E-state index in [9.17, 15) is 9.90 Å². The zero-order valence-electron chi connectivity index (χ0n) is 22.0. The normalized spacial score (nSPS) is 20.6. The van der Waals surface area contributed by atoms with E-state index in [0.29, 0.717) is 31.1 Å². The van der Waals surface area contributed by atoms with E-state index in [1.54, 1.807) is 25.4 Å². The van der Waals surface area contributed by atoms with Gasteiger partial charge in [-0.1, -0.05) is 6.07 Å². The Kier molecular flexibility index (Phi) is 6.79. The molecule has 38 heavy (non-hydrogen) atoms. The lowest BCUT2D eigenvalue weighted by atomic mass is 9.80. The van der Waals surface area contributed by atoms with Crippen LogP contribution in [-0.2, 0) is 5.54 Å². The molecule has 198 valence electrons. The first kappa shape index (κ1) is 25.7. The van der Waals surface area contributed by atoms with Crippen LogP contribution in [0.2, 0.25) is 0 Å². The largest absolute Gasteiger partial charge is 0.465 e. The van der Waals surface area contributed by atoms with Crippen molar-refractivity contribution < 1.29 is 14.6 Å². The predicted molar refractivity (Wildman–Crippen MR) is 148 cm³/mol. The molecule has 4 heterocycles. The second kappa shape index (κ2) is 10.1. The minimum Gasteiger partial charge on any atom is -0.465 e. The highest BCUT2D eigenvalue weighted by Gasteiger charge is 2.46. The molecular weight excluding hydrogens is 480 g/mol. The van der Waals surface area contributed by atoms with Gasteiger partial charge in [0, 0.05) is 59.8 Å². The lowest BCUT2D eigenvalue weighted by molar-refractivity contribution is -0.000191. The monoisotopic (exact) mass is 514 g/mol. The number of benzene rings is 1. The van der Waals surface area contributed by atoms with Gasteiger partial charge in [-0.2, -0.15) is 0 Å². The van der Waals surface area contributed by atoms with E-state index < -0.39 is 11.8 Å². The van der Waals surface area contributed by atoms with E-state index >= 15 is 0 Å². The zero-order chi connectivity index (χ0) is 26.9. The van der Waals surface area contributed by atoms with Crippen molar-refractivity contribution in [2.75, 3.05) is 19.6 Å². The van der Waals surface area contributed by atoms with Crippen LogP contribution in [0.1, 0.15) is 44.9 Å². The molecule has 0 aliphatic carbocycles. The number of aliphatic hydroxyl groups excluding tert-OH is 1. The standard InChI is InChI=1S/C29H34N6O3/c1-19(36)38-22-7-8-24-20(15-22)14-21(17-33-24)23(30)16-26-29(9-12-32-26)10-13-35(18-29)27(37)34-28(2,3)25-6-4-5-11-31-25/h4-8,11,14-17,19,36H,9-10,12-13,18,30H2,1-3H3,(H,34,37). The molecule has 9 nitrogen and oxygen atoms in total. The number of rotatable bonds is 6. The molecule has 2 amide bonds. The van der Waals surface area contributed by atoms with Gasteiger partial charge in [0.15, 0.2) is 6.29 Å². The van der Waals surface area contributed by atoms with Gasteiger partial charge in [0.05, 0.1) is 16.7 Å². The van der Waals surface area contributed by atoms with Gasteiger partial charge >= 0.3 is 6.03 Å². The number of carbonyl (C=O) groups excluding carboxylic acids is 1. The second-order valence-electron chi connectivity index (χ2n) is 10.6. The first-order chi connectivity index (χ1) is 18.1. The van der Waals surface area contributed by atoms with Crippen LogP contribution in [-0.4, -0.2) is 57.6 Å². The average molecular weight is 515 g/mol. The van der Waals surface area contributed by atoms with Gasteiger partial charge in [0.2, 0.25) is 0 Å². The van der Waals surface area contributed by atoms with Gasteiger partial charge in [-0.15, -0.1) is 0 Å². The fraction of sp³-hybridized carbons (Fsp3) is 0.379. The Labute approximate surface area is 222 Å². The summed E-state index contributed by atoms with van der Waals surface area (Å²) < 4.78 is 5.40. The van der Waals surface area contributed by atoms with E-state index in [0.717, 1.165) is 40.7 Å². The summed E-state index contributed by atoms with van der Waals surface area (Å²) in [4.78, 5) is 28.8. The molecule has 0 radical (unpaired) electrons. The number of nitrogens with two attached hydrogens (primary N) is 1. The Hall–Kier alpha value is -3.98. The van der Waals surface area contributed by atoms with Crippen molar-refractivity contribution in [2.24, 2.45) is 16.1 Å². The minimum atomic E-state index is -0.903. The van der Waals surface area contributed by atoms with Crippen molar-refractivity contribution in [1.82, 2.24) is 20.2 Å². The van der Waals surface area contributed by atoms with Crippen LogP contribution >= 0.6 is 0 Å². The Morgan fingerprint density at radius 2 is 2.08 bits per heavy atom. The third kappa shape index (κ3) is 5.19. The minimum absolute atomic E-state index is 0.102. The highest BCUT2D eigenvalue weighted by molar-refractivity contribution is 6.06. The fourth-order valence-electron chi connectivity index (χ4n) is 5.26. The Balaban J connectivity index is 1.31.